The van der Waals surface area contributed by atoms with Crippen LogP contribution < -0.4 is 5.73 Å². The minimum absolute atomic E-state index is 0.592. The second kappa shape index (κ2) is 3.81. The van der Waals surface area contributed by atoms with Crippen molar-refractivity contribution in [1.82, 2.24) is 9.78 Å². The molecule has 0 amide bonds. The van der Waals surface area contributed by atoms with Gasteiger partial charge in [0.15, 0.2) is 0 Å². The van der Waals surface area contributed by atoms with E-state index in [9.17, 15) is 0 Å². The summed E-state index contributed by atoms with van der Waals surface area (Å²) >= 11 is 0. The smallest absolute Gasteiger partial charge is 0.0687 e. The highest BCUT2D eigenvalue weighted by atomic mass is 15.3. The monoisotopic (exact) mass is 215 g/mol. The average Bonchev–Trinajstić information content (AvgIpc) is 2.73. The van der Waals surface area contributed by atoms with Gasteiger partial charge in [0.05, 0.1) is 17.8 Å². The zero-order valence-electron chi connectivity index (χ0n) is 9.39. The molecule has 1 aliphatic carbocycles. The van der Waals surface area contributed by atoms with E-state index in [-0.39, 0.29) is 0 Å². The van der Waals surface area contributed by atoms with Crippen LogP contribution >= 0.6 is 0 Å². The van der Waals surface area contributed by atoms with Gasteiger partial charge in [0.2, 0.25) is 0 Å². The molecule has 16 heavy (non-hydrogen) atoms. The Morgan fingerprint density at radius 2 is 2.00 bits per heavy atom. The SMILES string of the molecule is Nc1ccc2c(cnn2C2CCCCC2)c1. The van der Waals surface area contributed by atoms with Gasteiger partial charge in [-0.1, -0.05) is 19.3 Å². The maximum absolute atomic E-state index is 5.77. The first-order chi connectivity index (χ1) is 7.84. The van der Waals surface area contributed by atoms with Gasteiger partial charge in [-0.2, -0.15) is 5.10 Å². The van der Waals surface area contributed by atoms with Crippen LogP contribution in [0.15, 0.2) is 24.4 Å². The van der Waals surface area contributed by atoms with Gasteiger partial charge >= 0.3 is 0 Å². The number of hydrogen-bond acceptors (Lipinski definition) is 2. The summed E-state index contributed by atoms with van der Waals surface area (Å²) in [5, 5.41) is 5.68. The Balaban J connectivity index is 2.03. The highest BCUT2D eigenvalue weighted by Gasteiger charge is 2.17. The van der Waals surface area contributed by atoms with Crippen LogP contribution in [0.1, 0.15) is 38.1 Å². The Labute approximate surface area is 95.2 Å². The molecule has 3 heteroatoms. The second-order valence-electron chi connectivity index (χ2n) is 4.70. The molecule has 0 bridgehead atoms. The quantitative estimate of drug-likeness (QED) is 0.743. The molecule has 1 aromatic carbocycles. The van der Waals surface area contributed by atoms with Crippen LogP contribution in [0.2, 0.25) is 0 Å². The number of nitrogen functional groups attached to an aromatic ring is 1. The van der Waals surface area contributed by atoms with Gasteiger partial charge in [-0.25, -0.2) is 0 Å². The van der Waals surface area contributed by atoms with E-state index < -0.39 is 0 Å². The van der Waals surface area contributed by atoms with Crippen molar-refractivity contribution in [2.24, 2.45) is 0 Å². The predicted molar refractivity (Wildman–Crippen MR) is 66.3 cm³/mol. The van der Waals surface area contributed by atoms with Crippen LogP contribution in [0.4, 0.5) is 5.69 Å². The van der Waals surface area contributed by atoms with Crippen LogP contribution in [-0.2, 0) is 0 Å². The van der Waals surface area contributed by atoms with Crippen molar-refractivity contribution in [3.63, 3.8) is 0 Å². The molecule has 1 fully saturated rings. The molecular weight excluding hydrogens is 198 g/mol. The summed E-state index contributed by atoms with van der Waals surface area (Å²) in [4.78, 5) is 0. The van der Waals surface area contributed by atoms with Gasteiger partial charge in [-0.05, 0) is 31.0 Å². The van der Waals surface area contributed by atoms with E-state index in [1.165, 1.54) is 37.6 Å². The molecule has 1 aliphatic rings. The third-order valence-corrected chi connectivity index (χ3v) is 3.54. The number of rotatable bonds is 1. The minimum Gasteiger partial charge on any atom is -0.399 e. The van der Waals surface area contributed by atoms with E-state index in [0.717, 1.165) is 11.1 Å². The molecule has 0 atom stereocenters. The fourth-order valence-corrected chi connectivity index (χ4v) is 2.69. The van der Waals surface area contributed by atoms with Crippen molar-refractivity contribution in [3.8, 4) is 0 Å². The fraction of sp³-hybridized carbons (Fsp3) is 0.462. The van der Waals surface area contributed by atoms with Gasteiger partial charge in [-0.3, -0.25) is 4.68 Å². The lowest BCUT2D eigenvalue weighted by molar-refractivity contribution is 0.337. The topological polar surface area (TPSA) is 43.8 Å². The molecule has 0 aliphatic heterocycles. The summed E-state index contributed by atoms with van der Waals surface area (Å²) in [5.74, 6) is 0. The van der Waals surface area contributed by atoms with E-state index >= 15 is 0 Å². The lowest BCUT2D eigenvalue weighted by Crippen LogP contribution is -2.13. The maximum Gasteiger partial charge on any atom is 0.0687 e. The molecule has 3 rings (SSSR count). The molecule has 0 unspecified atom stereocenters. The molecule has 2 aromatic rings. The first-order valence-electron chi connectivity index (χ1n) is 6.07. The van der Waals surface area contributed by atoms with Crippen molar-refractivity contribution in [2.75, 3.05) is 5.73 Å². The molecule has 84 valence electrons. The summed E-state index contributed by atoms with van der Waals surface area (Å²) in [6.45, 7) is 0. The van der Waals surface area contributed by atoms with Gasteiger partial charge in [0, 0.05) is 11.1 Å². The first-order valence-corrected chi connectivity index (χ1v) is 6.07. The lowest BCUT2D eigenvalue weighted by atomic mass is 9.95. The second-order valence-corrected chi connectivity index (χ2v) is 4.70. The molecule has 1 aromatic heterocycles. The zero-order chi connectivity index (χ0) is 11.0. The zero-order valence-corrected chi connectivity index (χ0v) is 9.39. The highest BCUT2D eigenvalue weighted by molar-refractivity contribution is 5.82. The lowest BCUT2D eigenvalue weighted by Gasteiger charge is -2.22. The van der Waals surface area contributed by atoms with E-state index in [4.69, 9.17) is 5.73 Å². The van der Waals surface area contributed by atoms with Crippen molar-refractivity contribution < 1.29 is 0 Å². The van der Waals surface area contributed by atoms with E-state index in [1.807, 2.05) is 18.3 Å². The van der Waals surface area contributed by atoms with E-state index in [0.29, 0.717) is 6.04 Å². The number of fused-ring (bicyclic) bond motifs is 1. The molecule has 2 N–H and O–H groups in total. The van der Waals surface area contributed by atoms with Gasteiger partial charge in [-0.15, -0.1) is 0 Å². The summed E-state index contributed by atoms with van der Waals surface area (Å²) in [6.07, 6.45) is 8.51. The Morgan fingerprint density at radius 1 is 1.19 bits per heavy atom. The Kier molecular flexibility index (Phi) is 2.31. The van der Waals surface area contributed by atoms with Crippen LogP contribution in [0, 0.1) is 0 Å². The molecule has 0 spiro atoms. The minimum atomic E-state index is 0.592. The number of nitrogens with two attached hydrogens (primary N) is 1. The molecular formula is C13H17N3. The van der Waals surface area contributed by atoms with E-state index in [1.54, 1.807) is 0 Å². The highest BCUT2D eigenvalue weighted by Crippen LogP contribution is 2.30. The van der Waals surface area contributed by atoms with Gasteiger partial charge in [0.1, 0.15) is 0 Å². The third-order valence-electron chi connectivity index (χ3n) is 3.54. The van der Waals surface area contributed by atoms with Gasteiger partial charge in [0.25, 0.3) is 0 Å². The Morgan fingerprint density at radius 3 is 2.81 bits per heavy atom. The average molecular weight is 215 g/mol. The third kappa shape index (κ3) is 1.56. The Hall–Kier alpha value is -1.51. The molecule has 0 radical (unpaired) electrons. The van der Waals surface area contributed by atoms with Gasteiger partial charge < -0.3 is 5.73 Å². The summed E-state index contributed by atoms with van der Waals surface area (Å²) < 4.78 is 2.19. The van der Waals surface area contributed by atoms with Crippen molar-refractivity contribution >= 4 is 16.6 Å². The van der Waals surface area contributed by atoms with Crippen molar-refractivity contribution in [3.05, 3.63) is 24.4 Å². The number of aromatic nitrogens is 2. The van der Waals surface area contributed by atoms with Crippen molar-refractivity contribution in [2.45, 2.75) is 38.1 Å². The summed E-state index contributed by atoms with van der Waals surface area (Å²) in [7, 11) is 0. The van der Waals surface area contributed by atoms with Crippen LogP contribution in [-0.4, -0.2) is 9.78 Å². The van der Waals surface area contributed by atoms with E-state index in [2.05, 4.69) is 15.8 Å². The maximum atomic E-state index is 5.77. The summed E-state index contributed by atoms with van der Waals surface area (Å²) in [5.41, 5.74) is 7.81. The van der Waals surface area contributed by atoms with Crippen LogP contribution in [0.5, 0.6) is 0 Å². The number of benzene rings is 1. The van der Waals surface area contributed by atoms with Crippen LogP contribution in [0.3, 0.4) is 0 Å². The first kappa shape index (κ1) is 9.70. The molecule has 1 heterocycles. The number of nitrogens with zero attached hydrogens (tertiary/aromatic N) is 2. The molecule has 0 saturated heterocycles. The molecule has 1 saturated carbocycles. The fourth-order valence-electron chi connectivity index (χ4n) is 2.69. The van der Waals surface area contributed by atoms with Crippen LogP contribution in [0.25, 0.3) is 10.9 Å². The van der Waals surface area contributed by atoms with Crippen molar-refractivity contribution in [1.29, 1.82) is 0 Å². The number of hydrogen-bond donors (Lipinski definition) is 1. The molecule has 3 nitrogen and oxygen atoms in total. The normalized spacial score (nSPS) is 18.0. The standard InChI is InChI=1S/C13H17N3/c14-11-6-7-13-10(8-11)9-15-16(13)12-4-2-1-3-5-12/h6-9,12H,1-5,14H2. The Bertz CT molecular complexity index is 495. The largest absolute Gasteiger partial charge is 0.399 e. The summed E-state index contributed by atoms with van der Waals surface area (Å²) in [6, 6.07) is 6.65. The predicted octanol–water partition coefficient (Wildman–Crippen LogP) is 3.12. The number of anilines is 1.